The molecule has 0 radical (unpaired) electrons. The molecule has 4 aromatic rings. The maximum absolute atomic E-state index is 5.64. The number of pyridine rings is 2. The molecule has 48 heavy (non-hydrogen) atoms. The van der Waals surface area contributed by atoms with Gasteiger partial charge >= 0.3 is 0 Å². The lowest BCUT2D eigenvalue weighted by Crippen LogP contribution is -2.53. The number of hydrogen-bond donors (Lipinski definition) is 0. The van der Waals surface area contributed by atoms with Gasteiger partial charge in [-0.15, -0.1) is 0 Å². The Morgan fingerprint density at radius 1 is 0.729 bits per heavy atom. The molecule has 246 valence electrons. The highest BCUT2D eigenvalue weighted by Gasteiger charge is 2.50. The van der Waals surface area contributed by atoms with Gasteiger partial charge in [-0.2, -0.15) is 0 Å². The fourth-order valence-electron chi connectivity index (χ4n) is 8.87. The van der Waals surface area contributed by atoms with Gasteiger partial charge in [0.2, 0.25) is 0 Å². The standard InChI is InChI=1S/C42H48N6/c1-24(2)29-15-13-17-32-33-23-45(10)42(9,47(33)39-27(6)20-21-43-36(39)34(29)32)22-28-18-19-30-31-16-12-14-26(5)38(31)48-40(35(30)44-28)37(25(3)4)46(11)41(48,7)8/h12-21,23-25H,22H2,1-11H3/t42-/m1/s1. The smallest absolute Gasteiger partial charge is 0.120 e. The summed E-state index contributed by atoms with van der Waals surface area (Å²) in [6.07, 6.45) is 5.05. The van der Waals surface area contributed by atoms with Gasteiger partial charge in [0.15, 0.2) is 0 Å². The number of aromatic nitrogens is 2. The zero-order valence-electron chi connectivity index (χ0n) is 30.4. The summed E-state index contributed by atoms with van der Waals surface area (Å²) in [4.78, 5) is 20.7. The maximum Gasteiger partial charge on any atom is 0.120 e. The molecule has 0 fully saturated rings. The summed E-state index contributed by atoms with van der Waals surface area (Å²) in [5.74, 6) is 0.741. The molecule has 0 spiro atoms. The van der Waals surface area contributed by atoms with Crippen LogP contribution in [-0.2, 0) is 6.42 Å². The molecule has 6 heterocycles. The monoisotopic (exact) mass is 636 g/mol. The van der Waals surface area contributed by atoms with Crippen LogP contribution >= 0.6 is 0 Å². The zero-order valence-corrected chi connectivity index (χ0v) is 30.4. The van der Waals surface area contributed by atoms with E-state index >= 15 is 0 Å². The Hall–Kier alpha value is -4.58. The van der Waals surface area contributed by atoms with Crippen LogP contribution in [-0.4, -0.2) is 45.2 Å². The highest BCUT2D eigenvalue weighted by molar-refractivity contribution is 6.03. The van der Waals surface area contributed by atoms with Crippen molar-refractivity contribution in [2.45, 2.75) is 86.0 Å². The second-order valence-corrected chi connectivity index (χ2v) is 15.6. The summed E-state index contributed by atoms with van der Waals surface area (Å²) >= 11 is 0. The molecule has 0 saturated heterocycles. The molecule has 0 unspecified atom stereocenters. The fraction of sp³-hybridized carbons (Fsp3) is 0.381. The topological polar surface area (TPSA) is 38.7 Å². The van der Waals surface area contributed by atoms with E-state index < -0.39 is 5.66 Å². The average molecular weight is 637 g/mol. The van der Waals surface area contributed by atoms with E-state index in [0.29, 0.717) is 11.8 Å². The van der Waals surface area contributed by atoms with Crippen LogP contribution in [0.25, 0.3) is 33.8 Å². The summed E-state index contributed by atoms with van der Waals surface area (Å²) in [6.45, 7) is 20.7. The van der Waals surface area contributed by atoms with Crippen molar-refractivity contribution >= 4 is 22.8 Å². The Kier molecular flexibility index (Phi) is 6.54. The van der Waals surface area contributed by atoms with E-state index in [9.17, 15) is 0 Å². The van der Waals surface area contributed by atoms with E-state index in [1.54, 1.807) is 0 Å². The number of aryl methyl sites for hydroxylation is 2. The van der Waals surface area contributed by atoms with E-state index in [2.05, 4.69) is 157 Å². The minimum Gasteiger partial charge on any atom is -0.356 e. The predicted octanol–water partition coefficient (Wildman–Crippen LogP) is 9.40. The van der Waals surface area contributed by atoms with Crippen molar-refractivity contribution in [3.63, 3.8) is 0 Å². The molecule has 0 aliphatic carbocycles. The summed E-state index contributed by atoms with van der Waals surface area (Å²) in [7, 11) is 4.46. The van der Waals surface area contributed by atoms with Crippen molar-refractivity contribution < 1.29 is 0 Å². The van der Waals surface area contributed by atoms with Gasteiger partial charge in [0, 0.05) is 66.6 Å². The lowest BCUT2D eigenvalue weighted by atomic mass is 9.85. The van der Waals surface area contributed by atoms with Gasteiger partial charge in [0.25, 0.3) is 0 Å². The third-order valence-electron chi connectivity index (χ3n) is 11.6. The van der Waals surface area contributed by atoms with Gasteiger partial charge in [0.05, 0.1) is 34.2 Å². The Bertz CT molecular complexity index is 2080. The van der Waals surface area contributed by atoms with Crippen molar-refractivity contribution in [3.05, 3.63) is 106 Å². The molecule has 6 nitrogen and oxygen atoms in total. The molecule has 8 rings (SSSR count). The second kappa shape index (κ2) is 10.2. The third kappa shape index (κ3) is 3.92. The Morgan fingerprint density at radius 2 is 1.44 bits per heavy atom. The number of allylic oxidation sites excluding steroid dienone is 1. The molecule has 0 bridgehead atoms. The molecule has 4 aliphatic rings. The first-order valence-electron chi connectivity index (χ1n) is 17.5. The van der Waals surface area contributed by atoms with Crippen molar-refractivity contribution in [1.82, 2.24) is 19.8 Å². The van der Waals surface area contributed by atoms with Gasteiger partial charge < -0.3 is 19.6 Å². The molecular formula is C42H48N6. The van der Waals surface area contributed by atoms with Gasteiger partial charge in [-0.05, 0) is 75.3 Å². The number of benzene rings is 2. The summed E-state index contributed by atoms with van der Waals surface area (Å²) in [5, 5.41) is 0. The molecule has 2 aromatic carbocycles. The van der Waals surface area contributed by atoms with E-state index in [1.807, 2.05) is 6.20 Å². The predicted molar refractivity (Wildman–Crippen MR) is 199 cm³/mol. The normalized spacial score (nSPS) is 20.1. The molecule has 0 amide bonds. The van der Waals surface area contributed by atoms with E-state index in [0.717, 1.165) is 23.5 Å². The van der Waals surface area contributed by atoms with Crippen LogP contribution in [0.5, 0.6) is 0 Å². The van der Waals surface area contributed by atoms with E-state index in [4.69, 9.17) is 9.97 Å². The molecule has 6 heteroatoms. The molecule has 1 atom stereocenters. The number of likely N-dealkylation sites (N-methyl/N-ethyl adjacent to an activating group) is 1. The van der Waals surface area contributed by atoms with Crippen LogP contribution in [0.3, 0.4) is 0 Å². The van der Waals surface area contributed by atoms with Crippen molar-refractivity contribution in [3.8, 4) is 22.4 Å². The minimum atomic E-state index is -0.394. The zero-order chi connectivity index (χ0) is 34.0. The number of anilines is 2. The Labute approximate surface area is 286 Å². The highest BCUT2D eigenvalue weighted by Crippen LogP contribution is 2.56. The van der Waals surface area contributed by atoms with Crippen LogP contribution in [0, 0.1) is 19.8 Å². The van der Waals surface area contributed by atoms with Crippen LogP contribution < -0.4 is 9.80 Å². The second-order valence-electron chi connectivity index (χ2n) is 15.6. The minimum absolute atomic E-state index is 0.230. The lowest BCUT2D eigenvalue weighted by molar-refractivity contribution is 0.220. The fourth-order valence-corrected chi connectivity index (χ4v) is 8.87. The van der Waals surface area contributed by atoms with Crippen molar-refractivity contribution in [1.29, 1.82) is 0 Å². The number of hydrogen-bond acceptors (Lipinski definition) is 6. The molecule has 2 aromatic heterocycles. The molecule has 0 saturated carbocycles. The first-order chi connectivity index (χ1) is 22.8. The van der Waals surface area contributed by atoms with Crippen LogP contribution in [0.2, 0.25) is 0 Å². The van der Waals surface area contributed by atoms with Crippen LogP contribution in [0.1, 0.15) is 88.0 Å². The lowest BCUT2D eigenvalue weighted by Gasteiger charge is -2.46. The quantitative estimate of drug-likeness (QED) is 0.222. The number of fused-ring (bicyclic) bond motifs is 12. The first kappa shape index (κ1) is 30.7. The largest absolute Gasteiger partial charge is 0.356 e. The summed E-state index contributed by atoms with van der Waals surface area (Å²) in [5.41, 5.74) is 17.8. The van der Waals surface area contributed by atoms with E-state index in [1.165, 1.54) is 67.4 Å². The van der Waals surface area contributed by atoms with Gasteiger partial charge in [-0.1, -0.05) is 70.2 Å². The maximum atomic E-state index is 5.64. The van der Waals surface area contributed by atoms with E-state index in [-0.39, 0.29) is 5.66 Å². The van der Waals surface area contributed by atoms with Crippen molar-refractivity contribution in [2.75, 3.05) is 23.9 Å². The molecular weight excluding hydrogens is 589 g/mol. The van der Waals surface area contributed by atoms with Crippen LogP contribution in [0.4, 0.5) is 11.4 Å². The van der Waals surface area contributed by atoms with Gasteiger partial charge in [-0.3, -0.25) is 9.97 Å². The van der Waals surface area contributed by atoms with Crippen molar-refractivity contribution in [2.24, 2.45) is 5.92 Å². The van der Waals surface area contributed by atoms with Crippen LogP contribution in [0.15, 0.2) is 72.7 Å². The Morgan fingerprint density at radius 3 is 2.17 bits per heavy atom. The summed E-state index contributed by atoms with van der Waals surface area (Å²) < 4.78 is 0. The third-order valence-corrected chi connectivity index (χ3v) is 11.6. The SMILES string of the molecule is Cc1cccc2c1N1C(=C(C(C)C)N(C)C1(C)C)c1nc(C[C@]3(C)N(C)C=C4c5cccc(C(C)C)c5-c5nccc(C)c5N43)ccc1-2. The molecule has 0 N–H and O–H groups in total. The first-order valence-corrected chi connectivity index (χ1v) is 17.5. The number of rotatable bonds is 4. The number of para-hydroxylation sites is 1. The Balaban J connectivity index is 1.30. The number of nitrogens with zero attached hydrogens (tertiary/aromatic N) is 6. The van der Waals surface area contributed by atoms with Gasteiger partial charge in [-0.25, -0.2) is 0 Å². The summed E-state index contributed by atoms with van der Waals surface area (Å²) in [6, 6.07) is 20.2. The van der Waals surface area contributed by atoms with Gasteiger partial charge in [0.1, 0.15) is 11.3 Å². The average Bonchev–Trinajstić information content (AvgIpc) is 3.42. The highest BCUT2D eigenvalue weighted by atomic mass is 15.5. The molecule has 4 aliphatic heterocycles.